The quantitative estimate of drug-likeness (QED) is 0.784. The van der Waals surface area contributed by atoms with E-state index < -0.39 is 5.97 Å². The molecule has 0 radical (unpaired) electrons. The highest BCUT2D eigenvalue weighted by Crippen LogP contribution is 2.35. The topological polar surface area (TPSA) is 68.3 Å². The first-order valence-corrected chi connectivity index (χ1v) is 6.31. The Morgan fingerprint density at radius 2 is 2.15 bits per heavy atom. The number of nitrogens with zero attached hydrogens (tertiary/aromatic N) is 2. The SMILES string of the molecule is Cc1c(-c2cc(C(=O)O)on2)c2cc(Cl)ccc2n1C. The fraction of sp³-hybridized carbons (Fsp3) is 0.143. The lowest BCUT2D eigenvalue weighted by molar-refractivity contribution is 0.0652. The van der Waals surface area contributed by atoms with Crippen LogP contribution in [0.3, 0.4) is 0 Å². The van der Waals surface area contributed by atoms with E-state index in [1.165, 1.54) is 6.07 Å². The third kappa shape index (κ3) is 1.78. The molecule has 2 aromatic heterocycles. The Morgan fingerprint density at radius 3 is 2.80 bits per heavy atom. The summed E-state index contributed by atoms with van der Waals surface area (Å²) in [4.78, 5) is 10.9. The summed E-state index contributed by atoms with van der Waals surface area (Å²) in [6, 6.07) is 7.00. The Bertz CT molecular complexity index is 832. The van der Waals surface area contributed by atoms with Crippen LogP contribution in [0.1, 0.15) is 16.2 Å². The molecule has 0 bridgehead atoms. The van der Waals surface area contributed by atoms with Gasteiger partial charge in [0.15, 0.2) is 0 Å². The molecule has 3 aromatic rings. The lowest BCUT2D eigenvalue weighted by Crippen LogP contribution is -1.92. The van der Waals surface area contributed by atoms with Crippen molar-refractivity contribution in [3.8, 4) is 11.3 Å². The Balaban J connectivity index is 2.31. The van der Waals surface area contributed by atoms with E-state index >= 15 is 0 Å². The summed E-state index contributed by atoms with van der Waals surface area (Å²) in [7, 11) is 1.94. The first kappa shape index (κ1) is 12.7. The van der Waals surface area contributed by atoms with Gasteiger partial charge >= 0.3 is 5.97 Å². The van der Waals surface area contributed by atoms with Gasteiger partial charge in [0, 0.05) is 40.3 Å². The van der Waals surface area contributed by atoms with Crippen LogP contribution in [0.25, 0.3) is 22.2 Å². The highest BCUT2D eigenvalue weighted by Gasteiger charge is 2.19. The Hall–Kier alpha value is -2.27. The summed E-state index contributed by atoms with van der Waals surface area (Å²) < 4.78 is 6.84. The van der Waals surface area contributed by atoms with Gasteiger partial charge in [0.1, 0.15) is 5.69 Å². The highest BCUT2D eigenvalue weighted by molar-refractivity contribution is 6.31. The number of carboxylic acid groups (broad SMARTS) is 1. The minimum atomic E-state index is -1.14. The molecule has 20 heavy (non-hydrogen) atoms. The zero-order valence-electron chi connectivity index (χ0n) is 10.8. The number of carboxylic acids is 1. The molecule has 3 rings (SSSR count). The lowest BCUT2D eigenvalue weighted by Gasteiger charge is -1.98. The number of aryl methyl sites for hydroxylation is 1. The standard InChI is InChI=1S/C14H11ClN2O3/c1-7-13(10-6-12(14(18)19)20-16-10)9-5-8(15)3-4-11(9)17(7)2/h3-6H,1-2H3,(H,18,19). The molecule has 1 N–H and O–H groups in total. The molecule has 0 spiro atoms. The number of halogens is 1. The summed E-state index contributed by atoms with van der Waals surface area (Å²) >= 11 is 6.05. The van der Waals surface area contributed by atoms with Crippen molar-refractivity contribution in [2.24, 2.45) is 7.05 Å². The first-order chi connectivity index (χ1) is 9.49. The van der Waals surface area contributed by atoms with Crippen molar-refractivity contribution in [1.29, 1.82) is 0 Å². The Kier molecular flexibility index (Phi) is 2.79. The van der Waals surface area contributed by atoms with Gasteiger partial charge in [0.2, 0.25) is 5.76 Å². The predicted molar refractivity (Wildman–Crippen MR) is 75.1 cm³/mol. The van der Waals surface area contributed by atoms with Crippen molar-refractivity contribution in [1.82, 2.24) is 9.72 Å². The van der Waals surface area contributed by atoms with E-state index in [9.17, 15) is 4.79 Å². The highest BCUT2D eigenvalue weighted by atomic mass is 35.5. The van der Waals surface area contributed by atoms with E-state index in [2.05, 4.69) is 5.16 Å². The maximum atomic E-state index is 10.9. The monoisotopic (exact) mass is 290 g/mol. The molecule has 0 amide bonds. The van der Waals surface area contributed by atoms with E-state index in [1.807, 2.05) is 36.7 Å². The van der Waals surface area contributed by atoms with Crippen molar-refractivity contribution in [3.05, 3.63) is 40.7 Å². The molecule has 0 saturated heterocycles. The molecular weight excluding hydrogens is 280 g/mol. The van der Waals surface area contributed by atoms with Crippen molar-refractivity contribution in [2.75, 3.05) is 0 Å². The number of hydrogen-bond donors (Lipinski definition) is 1. The fourth-order valence-corrected chi connectivity index (χ4v) is 2.53. The Labute approximate surface area is 119 Å². The number of carbonyl (C=O) groups is 1. The van der Waals surface area contributed by atoms with Gasteiger partial charge in [-0.05, 0) is 25.1 Å². The third-order valence-electron chi connectivity index (χ3n) is 3.43. The molecule has 0 aliphatic rings. The van der Waals surface area contributed by atoms with Gasteiger partial charge in [-0.25, -0.2) is 4.79 Å². The van der Waals surface area contributed by atoms with Crippen LogP contribution in [-0.4, -0.2) is 20.8 Å². The van der Waals surface area contributed by atoms with Crippen LogP contribution in [0.5, 0.6) is 0 Å². The zero-order chi connectivity index (χ0) is 14.4. The average Bonchev–Trinajstić information content (AvgIpc) is 2.95. The van der Waals surface area contributed by atoms with Crippen LogP contribution >= 0.6 is 11.6 Å². The van der Waals surface area contributed by atoms with Gasteiger partial charge in [0.25, 0.3) is 0 Å². The van der Waals surface area contributed by atoms with E-state index in [4.69, 9.17) is 21.2 Å². The summed E-state index contributed by atoms with van der Waals surface area (Å²) in [6.45, 7) is 1.94. The zero-order valence-corrected chi connectivity index (χ0v) is 11.6. The van der Waals surface area contributed by atoms with Gasteiger partial charge < -0.3 is 14.2 Å². The van der Waals surface area contributed by atoms with Crippen molar-refractivity contribution in [2.45, 2.75) is 6.92 Å². The maximum absolute atomic E-state index is 10.9. The summed E-state index contributed by atoms with van der Waals surface area (Å²) in [5, 5.41) is 14.3. The van der Waals surface area contributed by atoms with Crippen LogP contribution in [0.15, 0.2) is 28.8 Å². The van der Waals surface area contributed by atoms with E-state index in [1.54, 1.807) is 0 Å². The second kappa shape index (κ2) is 4.38. The molecule has 0 unspecified atom stereocenters. The largest absolute Gasteiger partial charge is 0.475 e. The molecule has 5 nitrogen and oxygen atoms in total. The molecule has 0 aliphatic carbocycles. The normalized spacial score (nSPS) is 11.2. The number of rotatable bonds is 2. The molecular formula is C14H11ClN2O3. The minimum Gasteiger partial charge on any atom is -0.475 e. The van der Waals surface area contributed by atoms with Crippen LogP contribution in [0, 0.1) is 6.92 Å². The van der Waals surface area contributed by atoms with Crippen LogP contribution in [0.2, 0.25) is 5.02 Å². The van der Waals surface area contributed by atoms with Gasteiger partial charge in [-0.15, -0.1) is 0 Å². The smallest absolute Gasteiger partial charge is 0.374 e. The molecule has 0 fully saturated rings. The van der Waals surface area contributed by atoms with Crippen molar-refractivity contribution in [3.63, 3.8) is 0 Å². The number of hydrogen-bond acceptors (Lipinski definition) is 3. The number of aromatic nitrogens is 2. The second-order valence-electron chi connectivity index (χ2n) is 4.56. The van der Waals surface area contributed by atoms with Crippen LogP contribution in [-0.2, 0) is 7.05 Å². The number of benzene rings is 1. The molecule has 0 saturated carbocycles. The molecule has 6 heteroatoms. The van der Waals surface area contributed by atoms with Gasteiger partial charge in [-0.2, -0.15) is 0 Å². The summed E-state index contributed by atoms with van der Waals surface area (Å²) in [5.41, 5.74) is 3.29. The molecule has 1 aromatic carbocycles. The van der Waals surface area contributed by atoms with Crippen LogP contribution in [0.4, 0.5) is 0 Å². The van der Waals surface area contributed by atoms with Crippen LogP contribution < -0.4 is 0 Å². The molecule has 0 atom stereocenters. The van der Waals surface area contributed by atoms with Gasteiger partial charge in [-0.3, -0.25) is 0 Å². The maximum Gasteiger partial charge on any atom is 0.374 e. The van der Waals surface area contributed by atoms with Crippen molar-refractivity contribution >= 4 is 28.5 Å². The van der Waals surface area contributed by atoms with E-state index in [0.29, 0.717) is 10.7 Å². The summed E-state index contributed by atoms with van der Waals surface area (Å²) in [5.74, 6) is -1.32. The van der Waals surface area contributed by atoms with Crippen molar-refractivity contribution < 1.29 is 14.4 Å². The summed E-state index contributed by atoms with van der Waals surface area (Å²) in [6.07, 6.45) is 0. The number of fused-ring (bicyclic) bond motifs is 1. The lowest BCUT2D eigenvalue weighted by atomic mass is 10.1. The van der Waals surface area contributed by atoms with Gasteiger partial charge in [0.05, 0.1) is 0 Å². The molecule has 2 heterocycles. The minimum absolute atomic E-state index is 0.182. The average molecular weight is 291 g/mol. The fourth-order valence-electron chi connectivity index (χ4n) is 2.36. The Morgan fingerprint density at radius 1 is 1.40 bits per heavy atom. The van der Waals surface area contributed by atoms with Gasteiger partial charge in [-0.1, -0.05) is 16.8 Å². The third-order valence-corrected chi connectivity index (χ3v) is 3.67. The molecule has 0 aliphatic heterocycles. The first-order valence-electron chi connectivity index (χ1n) is 5.94. The number of aromatic carboxylic acids is 1. The molecule has 102 valence electrons. The second-order valence-corrected chi connectivity index (χ2v) is 5.00. The predicted octanol–water partition coefficient (Wildman–Crippen LogP) is 3.49. The van der Waals surface area contributed by atoms with E-state index in [0.717, 1.165) is 22.2 Å². The van der Waals surface area contributed by atoms with E-state index in [-0.39, 0.29) is 5.76 Å².